The van der Waals surface area contributed by atoms with Gasteiger partial charge in [0, 0.05) is 60.4 Å². The number of nitrogens with one attached hydrogen (secondary N) is 1. The highest BCUT2D eigenvalue weighted by atomic mass is 19.1. The van der Waals surface area contributed by atoms with Crippen LogP contribution in [0.4, 0.5) is 4.39 Å². The van der Waals surface area contributed by atoms with Gasteiger partial charge in [0.1, 0.15) is 24.1 Å². The highest BCUT2D eigenvalue weighted by molar-refractivity contribution is 6.05. The third kappa shape index (κ3) is 5.44. The number of ether oxygens (including phenoxy) is 2. The minimum Gasteiger partial charge on any atom is -0.488 e. The lowest BCUT2D eigenvalue weighted by Crippen LogP contribution is -2.56. The fourth-order valence-corrected chi connectivity index (χ4v) is 3.91. The maximum absolute atomic E-state index is 15.6. The molecule has 1 N–H and O–H groups in total. The molecule has 2 saturated heterocycles. The Kier molecular flexibility index (Phi) is 3.15. The molecule has 0 spiro atoms. The van der Waals surface area contributed by atoms with Crippen molar-refractivity contribution in [3.8, 4) is 5.75 Å². The van der Waals surface area contributed by atoms with Gasteiger partial charge in [0.15, 0.2) is 0 Å². The van der Waals surface area contributed by atoms with Gasteiger partial charge in [0.05, 0.1) is 24.6 Å². The zero-order chi connectivity index (χ0) is 43.2. The van der Waals surface area contributed by atoms with Crippen molar-refractivity contribution in [2.75, 3.05) is 13.0 Å². The van der Waals surface area contributed by atoms with Crippen LogP contribution in [0.5, 0.6) is 5.75 Å². The molecule has 0 saturated carbocycles. The van der Waals surface area contributed by atoms with Gasteiger partial charge in [0.25, 0.3) is 5.91 Å². The average Bonchev–Trinajstić information content (AvgIpc) is 3.22. The Morgan fingerprint density at radius 1 is 1.24 bits per heavy atom. The molecule has 0 aliphatic carbocycles. The number of fused-ring (bicyclic) bond motifs is 1. The Morgan fingerprint density at radius 3 is 2.82 bits per heavy atom. The molecule has 2 aromatic carbocycles. The topological polar surface area (TPSA) is 88.2 Å². The van der Waals surface area contributed by atoms with E-state index in [2.05, 4.69) is 0 Å². The summed E-state index contributed by atoms with van der Waals surface area (Å²) in [6, 6.07) is 0.713. The fourth-order valence-electron chi connectivity index (χ4n) is 3.91. The normalized spacial score (nSPS) is 42.0. The number of nitrogens with zero attached hydrogens (tertiary/aromatic N) is 2. The summed E-state index contributed by atoms with van der Waals surface area (Å²) in [4.78, 5) is 38.6. The lowest BCUT2D eigenvalue weighted by Gasteiger charge is -2.47. The number of carbonyl (C=O) groups excluding carboxylic acids is 3. The first-order valence-corrected chi connectivity index (χ1v) is 11.2. The molecule has 9 heteroatoms. The lowest BCUT2D eigenvalue weighted by atomic mass is 9.98. The highest BCUT2D eigenvalue weighted by Gasteiger charge is 2.40. The lowest BCUT2D eigenvalue weighted by molar-refractivity contribution is -0.182. The van der Waals surface area contributed by atoms with Crippen LogP contribution >= 0.6 is 0 Å². The van der Waals surface area contributed by atoms with Crippen molar-refractivity contribution in [1.82, 2.24) is 15.1 Å². The highest BCUT2D eigenvalue weighted by Crippen LogP contribution is 2.34. The van der Waals surface area contributed by atoms with Gasteiger partial charge < -0.3 is 14.4 Å². The van der Waals surface area contributed by atoms with Crippen LogP contribution in [0.3, 0.4) is 0 Å². The molecule has 2 fully saturated rings. The van der Waals surface area contributed by atoms with Crippen molar-refractivity contribution in [2.45, 2.75) is 77.1 Å². The summed E-state index contributed by atoms with van der Waals surface area (Å²) >= 11 is 0. The third-order valence-corrected chi connectivity index (χ3v) is 5.29. The maximum Gasteiger partial charge on any atom is 0.255 e. The van der Waals surface area contributed by atoms with Gasteiger partial charge >= 0.3 is 0 Å². The minimum atomic E-state index is -3.90. The zero-order valence-electron chi connectivity index (χ0n) is 38.3. The van der Waals surface area contributed by atoms with Crippen molar-refractivity contribution in [1.29, 1.82) is 0 Å². The van der Waals surface area contributed by atoms with Crippen LogP contribution in [0.25, 0.3) is 0 Å². The molecule has 202 valence electrons. The summed E-state index contributed by atoms with van der Waals surface area (Å²) in [7, 11) is 0. The first-order valence-electron chi connectivity index (χ1n) is 20.2. The average molecular weight is 542 g/mol. The van der Waals surface area contributed by atoms with Gasteiger partial charge in [-0.2, -0.15) is 0 Å². The minimum absolute atomic E-state index is 0.0398. The van der Waals surface area contributed by atoms with E-state index in [1.807, 2.05) is 0 Å². The number of imide groups is 1. The maximum atomic E-state index is 15.6. The Bertz CT molecular complexity index is 2040. The van der Waals surface area contributed by atoms with Crippen LogP contribution in [0.2, 0.25) is 0 Å². The molecule has 2 unspecified atom stereocenters. The Labute approximate surface area is 247 Å². The summed E-state index contributed by atoms with van der Waals surface area (Å²) in [5, 5.41) is 1.44. The van der Waals surface area contributed by atoms with Crippen LogP contribution in [-0.2, 0) is 33.9 Å². The van der Waals surface area contributed by atoms with Crippen molar-refractivity contribution >= 4 is 17.7 Å². The van der Waals surface area contributed by atoms with Gasteiger partial charge in [-0.05, 0) is 63.8 Å². The molecule has 3 aliphatic heterocycles. The number of piperidine rings is 1. The van der Waals surface area contributed by atoms with Gasteiger partial charge in [-0.25, -0.2) is 4.39 Å². The second-order valence-corrected chi connectivity index (χ2v) is 9.03. The number of carbonyl (C=O) groups is 3. The molecular formula is C29H34FN3O5. The van der Waals surface area contributed by atoms with E-state index in [1.165, 1.54) is 5.32 Å². The second kappa shape index (κ2) is 9.78. The Morgan fingerprint density at radius 2 is 2.03 bits per heavy atom. The summed E-state index contributed by atoms with van der Waals surface area (Å²) in [5.74, 6) is -7.64. The van der Waals surface area contributed by atoms with Crippen LogP contribution in [0.1, 0.15) is 92.1 Å². The number of rotatable bonds is 6. The summed E-state index contributed by atoms with van der Waals surface area (Å²) in [5.41, 5.74) is -8.75. The van der Waals surface area contributed by atoms with Gasteiger partial charge in [-0.3, -0.25) is 24.6 Å². The fraction of sp³-hybridized carbons (Fsp3) is 0.483. The van der Waals surface area contributed by atoms with Crippen molar-refractivity contribution < 1.29 is 52.9 Å². The monoisotopic (exact) mass is 541 g/mol. The molecule has 3 amide bonds. The SMILES string of the molecule is [2H]C([2H])(Oc1cccc2c1C([2H])([2H])N(C1([2H])C(=O)NC(=O)C([2H])([2H])C1([2H])[2H])C2=O)c1cc(C([2H])([2H])N2C([2H])([2H])C(C)(C)OC(C)(C([2H])([2H])[2H])C2([2H])[2H])ccc1F. The van der Waals surface area contributed by atoms with E-state index in [4.69, 9.17) is 34.1 Å². The molecule has 2 aromatic rings. The molecule has 3 heterocycles. The third-order valence-electron chi connectivity index (χ3n) is 5.29. The summed E-state index contributed by atoms with van der Waals surface area (Å²) in [6.07, 6.45) is -7.57. The first-order chi connectivity index (χ1) is 24.8. The van der Waals surface area contributed by atoms with Crippen LogP contribution in [-0.4, -0.2) is 57.7 Å². The molecular weight excluding hydrogens is 489 g/mol. The quantitative estimate of drug-likeness (QED) is 0.563. The Balaban J connectivity index is 1.61. The molecule has 0 bridgehead atoms. The standard InChI is InChI=1S/C29H34FN3O5/c1-28(2)16-32(17-29(3,4)38-28)13-18-8-9-22(30)19(12-18)15-37-24-7-5-6-20-21(24)14-33(27(20)36)23-10-11-25(34)31-26(23)35/h5-9,12,23H,10-11,13-17H2,1-4H3,(H,31,34,35)/i1D3,10D2,11D2,13D2,14D2,15D2,16D2,17D2,23D. The number of hydrogen-bond donors (Lipinski definition) is 1. The zero-order valence-corrected chi connectivity index (χ0v) is 20.3. The number of halogens is 1. The van der Waals surface area contributed by atoms with Crippen molar-refractivity contribution in [3.05, 3.63) is 64.5 Å². The van der Waals surface area contributed by atoms with Gasteiger partial charge in [-0.15, -0.1) is 0 Å². The number of benzene rings is 2. The largest absolute Gasteiger partial charge is 0.488 e. The van der Waals surface area contributed by atoms with Crippen molar-refractivity contribution in [3.63, 3.8) is 0 Å². The first kappa shape index (κ1) is 12.3. The Hall–Kier alpha value is -3.30. The van der Waals surface area contributed by atoms with Crippen molar-refractivity contribution in [2.24, 2.45) is 0 Å². The van der Waals surface area contributed by atoms with E-state index in [-0.39, 0.29) is 9.80 Å². The summed E-state index contributed by atoms with van der Waals surface area (Å²) in [6.45, 7) is -17.5. The smallest absolute Gasteiger partial charge is 0.255 e. The molecule has 0 aromatic heterocycles. The number of morpholine rings is 1. The molecule has 0 radical (unpaired) electrons. The van der Waals surface area contributed by atoms with Crippen LogP contribution in [0.15, 0.2) is 36.4 Å². The van der Waals surface area contributed by atoms with E-state index in [0.29, 0.717) is 18.2 Å². The van der Waals surface area contributed by atoms with Gasteiger partial charge in [0.2, 0.25) is 11.8 Å². The van der Waals surface area contributed by atoms with E-state index in [1.54, 1.807) is 0 Å². The predicted molar refractivity (Wildman–Crippen MR) is 138 cm³/mol. The number of amides is 3. The van der Waals surface area contributed by atoms with Gasteiger partial charge in [-0.1, -0.05) is 12.1 Å². The molecule has 8 nitrogen and oxygen atoms in total. The molecule has 2 atom stereocenters. The van der Waals surface area contributed by atoms with E-state index >= 15 is 4.39 Å². The van der Waals surface area contributed by atoms with Crippen LogP contribution < -0.4 is 10.1 Å². The van der Waals surface area contributed by atoms with E-state index < -0.39 is 121 Å². The molecule has 5 rings (SSSR count). The molecule has 38 heavy (non-hydrogen) atoms. The van der Waals surface area contributed by atoms with E-state index in [9.17, 15) is 14.4 Å². The predicted octanol–water partition coefficient (Wildman–Crippen LogP) is 3.56. The van der Waals surface area contributed by atoms with E-state index in [0.717, 1.165) is 39.0 Å². The second-order valence-electron chi connectivity index (χ2n) is 9.03. The molecule has 3 aliphatic rings. The summed E-state index contributed by atoms with van der Waals surface area (Å²) < 4.78 is 180. The van der Waals surface area contributed by atoms with Crippen LogP contribution in [0, 0.1) is 5.82 Å². The number of hydrogen-bond acceptors (Lipinski definition) is 6.